The van der Waals surface area contributed by atoms with Crippen LogP contribution in [0.2, 0.25) is 0 Å². The lowest BCUT2D eigenvalue weighted by molar-refractivity contribution is 0.0992. The fourth-order valence-corrected chi connectivity index (χ4v) is 4.94. The Morgan fingerprint density at radius 1 is 0.718 bits per heavy atom. The van der Waals surface area contributed by atoms with Gasteiger partial charge in [0, 0.05) is 26.7 Å². The van der Waals surface area contributed by atoms with Crippen LogP contribution < -0.4 is 16.8 Å². The van der Waals surface area contributed by atoms with Crippen molar-refractivity contribution in [2.24, 2.45) is 11.5 Å². The van der Waals surface area contributed by atoms with Crippen LogP contribution in [-0.2, 0) is 0 Å². The molecule has 0 spiro atoms. The Bertz CT molecular complexity index is 1700. The van der Waals surface area contributed by atoms with Crippen molar-refractivity contribution in [1.29, 1.82) is 0 Å². The van der Waals surface area contributed by atoms with E-state index < -0.39 is 11.8 Å². The normalized spacial score (nSPS) is 10.4. The Kier molecular flexibility index (Phi) is 8.59. The maximum absolute atomic E-state index is 12.2. The second-order valence-electron chi connectivity index (χ2n) is 8.97. The number of hydrogen-bond donors (Lipinski definition) is 3. The third-order valence-electron chi connectivity index (χ3n) is 6.17. The second kappa shape index (κ2) is 12.1. The molecule has 0 saturated carbocycles. The Morgan fingerprint density at radius 2 is 1.36 bits per heavy atom. The van der Waals surface area contributed by atoms with Gasteiger partial charge in [-0.3, -0.25) is 14.4 Å². The van der Waals surface area contributed by atoms with Gasteiger partial charge in [-0.1, -0.05) is 46.3 Å². The zero-order valence-electron chi connectivity index (χ0n) is 21.3. The summed E-state index contributed by atoms with van der Waals surface area (Å²) in [7, 11) is 0. The second-order valence-corrected chi connectivity index (χ2v) is 10.6. The number of halogens is 1. The minimum atomic E-state index is -0.437. The minimum absolute atomic E-state index is 0.115. The van der Waals surface area contributed by atoms with E-state index >= 15 is 0 Å². The lowest BCUT2D eigenvalue weighted by Gasteiger charge is -2.10. The molecule has 0 saturated heterocycles. The summed E-state index contributed by atoms with van der Waals surface area (Å²) in [5.41, 5.74) is 17.1. The Hall–Kier alpha value is -4.27. The monoisotopic (exact) mass is 599 g/mol. The van der Waals surface area contributed by atoms with Crippen molar-refractivity contribution in [3.63, 3.8) is 0 Å². The molecular formula is C31H26BrN3O3S. The Balaban J connectivity index is 0.000000270. The molecule has 3 amide bonds. The lowest BCUT2D eigenvalue weighted by Crippen LogP contribution is -2.11. The number of benzene rings is 4. The SMILES string of the molecule is Cc1ccc(C(N)=O)cc1-c1ccc2cc(NC(=O)c3ccsc3)ccc2c1.Cc1ccc(C(N)=O)cc1Br. The highest BCUT2D eigenvalue weighted by molar-refractivity contribution is 9.10. The molecule has 1 aromatic heterocycles. The minimum Gasteiger partial charge on any atom is -0.366 e. The molecule has 0 aliphatic rings. The van der Waals surface area contributed by atoms with Crippen molar-refractivity contribution in [2.75, 3.05) is 5.32 Å². The van der Waals surface area contributed by atoms with E-state index in [9.17, 15) is 14.4 Å². The number of thiophene rings is 1. The molecule has 4 aromatic carbocycles. The van der Waals surface area contributed by atoms with Gasteiger partial charge in [0.05, 0.1) is 5.56 Å². The molecule has 1 heterocycles. The Labute approximate surface area is 238 Å². The molecule has 0 radical (unpaired) electrons. The van der Waals surface area contributed by atoms with Crippen LogP contribution in [-0.4, -0.2) is 17.7 Å². The summed E-state index contributed by atoms with van der Waals surface area (Å²) < 4.78 is 0.911. The van der Waals surface area contributed by atoms with Crippen molar-refractivity contribution < 1.29 is 14.4 Å². The van der Waals surface area contributed by atoms with Gasteiger partial charge in [-0.05, 0) is 101 Å². The van der Waals surface area contributed by atoms with Crippen molar-refractivity contribution in [3.8, 4) is 11.1 Å². The number of primary amides is 2. The summed E-state index contributed by atoms with van der Waals surface area (Å²) >= 11 is 4.80. The van der Waals surface area contributed by atoms with E-state index in [1.807, 2.05) is 73.1 Å². The average Bonchev–Trinajstić information content (AvgIpc) is 3.46. The number of hydrogen-bond acceptors (Lipinski definition) is 4. The first-order valence-corrected chi connectivity index (χ1v) is 13.7. The zero-order chi connectivity index (χ0) is 28.1. The van der Waals surface area contributed by atoms with Gasteiger partial charge in [0.25, 0.3) is 5.91 Å². The molecule has 5 rings (SSSR count). The molecule has 0 aliphatic heterocycles. The molecule has 0 bridgehead atoms. The quantitative estimate of drug-likeness (QED) is 0.200. The molecular weight excluding hydrogens is 574 g/mol. The molecule has 5 N–H and O–H groups in total. The summed E-state index contributed by atoms with van der Waals surface area (Å²) in [6.45, 7) is 3.96. The number of carbonyl (C=O) groups excluding carboxylic acids is 3. The van der Waals surface area contributed by atoms with Gasteiger partial charge in [0.1, 0.15) is 0 Å². The third kappa shape index (κ3) is 6.79. The van der Waals surface area contributed by atoms with Crippen LogP contribution in [0.5, 0.6) is 0 Å². The topological polar surface area (TPSA) is 115 Å². The molecule has 39 heavy (non-hydrogen) atoms. The maximum atomic E-state index is 12.2. The number of carbonyl (C=O) groups is 3. The molecule has 0 aliphatic carbocycles. The van der Waals surface area contributed by atoms with Gasteiger partial charge in [-0.2, -0.15) is 11.3 Å². The van der Waals surface area contributed by atoms with Gasteiger partial charge in [0.2, 0.25) is 11.8 Å². The van der Waals surface area contributed by atoms with Gasteiger partial charge in [-0.25, -0.2) is 0 Å². The number of aryl methyl sites for hydroxylation is 2. The van der Waals surface area contributed by atoms with E-state index in [2.05, 4.69) is 27.3 Å². The van der Waals surface area contributed by atoms with E-state index in [1.54, 1.807) is 24.3 Å². The zero-order valence-corrected chi connectivity index (χ0v) is 23.7. The molecule has 8 heteroatoms. The predicted molar refractivity (Wildman–Crippen MR) is 162 cm³/mol. The fraction of sp³-hybridized carbons (Fsp3) is 0.0645. The maximum Gasteiger partial charge on any atom is 0.256 e. The molecule has 0 unspecified atom stereocenters. The van der Waals surface area contributed by atoms with Crippen LogP contribution in [0.1, 0.15) is 42.2 Å². The van der Waals surface area contributed by atoms with Crippen LogP contribution in [0.15, 0.2) is 94.1 Å². The average molecular weight is 601 g/mol. The van der Waals surface area contributed by atoms with E-state index in [-0.39, 0.29) is 5.91 Å². The van der Waals surface area contributed by atoms with Crippen LogP contribution >= 0.6 is 27.3 Å². The number of anilines is 1. The first-order valence-electron chi connectivity index (χ1n) is 12.0. The smallest absolute Gasteiger partial charge is 0.256 e. The summed E-state index contributed by atoms with van der Waals surface area (Å²) in [6, 6.07) is 24.5. The molecule has 0 fully saturated rings. The lowest BCUT2D eigenvalue weighted by atomic mass is 9.95. The summed E-state index contributed by atoms with van der Waals surface area (Å²) in [4.78, 5) is 34.4. The van der Waals surface area contributed by atoms with E-state index in [0.717, 1.165) is 43.2 Å². The summed E-state index contributed by atoms with van der Waals surface area (Å²) in [5.74, 6) is -0.949. The van der Waals surface area contributed by atoms with Gasteiger partial charge >= 0.3 is 0 Å². The van der Waals surface area contributed by atoms with Gasteiger partial charge < -0.3 is 16.8 Å². The van der Waals surface area contributed by atoms with Gasteiger partial charge in [0.15, 0.2) is 0 Å². The van der Waals surface area contributed by atoms with Crippen LogP contribution in [0.3, 0.4) is 0 Å². The standard InChI is InChI=1S/C23H18N2O2S.C8H8BrNO/c1-14-2-3-18(22(24)26)12-21(14)17-5-4-16-11-20(7-6-15(16)10-17)25-23(27)19-8-9-28-13-19;1-5-2-3-6(8(10)11)4-7(5)9/h2-13H,1H3,(H2,24,26)(H,25,27);2-4H,1H3,(H2,10,11). The van der Waals surface area contributed by atoms with Crippen LogP contribution in [0.25, 0.3) is 21.9 Å². The predicted octanol–water partition coefficient (Wildman–Crippen LogP) is 7.08. The van der Waals surface area contributed by atoms with E-state index in [0.29, 0.717) is 16.7 Å². The van der Waals surface area contributed by atoms with Crippen molar-refractivity contribution in [3.05, 3.63) is 122 Å². The summed E-state index contributed by atoms with van der Waals surface area (Å²) in [6.07, 6.45) is 0. The molecule has 5 aromatic rings. The fourth-order valence-electron chi connectivity index (χ4n) is 3.92. The third-order valence-corrected chi connectivity index (χ3v) is 7.71. The highest BCUT2D eigenvalue weighted by Crippen LogP contribution is 2.29. The molecule has 196 valence electrons. The highest BCUT2D eigenvalue weighted by Gasteiger charge is 2.10. The van der Waals surface area contributed by atoms with E-state index in [4.69, 9.17) is 11.5 Å². The van der Waals surface area contributed by atoms with Crippen molar-refractivity contribution in [2.45, 2.75) is 13.8 Å². The number of fused-ring (bicyclic) bond motifs is 1. The van der Waals surface area contributed by atoms with E-state index in [1.165, 1.54) is 11.3 Å². The summed E-state index contributed by atoms with van der Waals surface area (Å²) in [5, 5.41) is 8.71. The van der Waals surface area contributed by atoms with Crippen LogP contribution in [0, 0.1) is 13.8 Å². The number of amides is 3. The van der Waals surface area contributed by atoms with Crippen molar-refractivity contribution >= 4 is 61.4 Å². The Morgan fingerprint density at radius 3 is 2.00 bits per heavy atom. The van der Waals surface area contributed by atoms with Crippen LogP contribution in [0.4, 0.5) is 5.69 Å². The number of nitrogens with two attached hydrogens (primary N) is 2. The van der Waals surface area contributed by atoms with Gasteiger partial charge in [-0.15, -0.1) is 0 Å². The molecule has 6 nitrogen and oxygen atoms in total. The first-order chi connectivity index (χ1) is 18.6. The first kappa shape index (κ1) is 27.8. The van der Waals surface area contributed by atoms with Crippen molar-refractivity contribution in [1.82, 2.24) is 0 Å². The largest absolute Gasteiger partial charge is 0.366 e. The number of rotatable bonds is 5. The highest BCUT2D eigenvalue weighted by atomic mass is 79.9. The molecule has 0 atom stereocenters. The number of nitrogens with one attached hydrogen (secondary N) is 1.